The molecule has 0 unspecified atom stereocenters. The van der Waals surface area contributed by atoms with Crippen LogP contribution < -0.4 is 10.6 Å². The van der Waals surface area contributed by atoms with E-state index in [0.717, 1.165) is 17.8 Å². The standard InChI is InChI=1S/C13H22N2O2/c1-11-4-3-5-12(10-14)13(11)15(6-8-16)7-9-17-2/h3-5,16H,6-10,14H2,1-2H3. The summed E-state index contributed by atoms with van der Waals surface area (Å²) in [6.07, 6.45) is 0. The second-order valence-electron chi connectivity index (χ2n) is 3.99. The number of aryl methyl sites for hydroxylation is 1. The average molecular weight is 238 g/mol. The molecule has 1 aromatic rings. The van der Waals surface area contributed by atoms with E-state index >= 15 is 0 Å². The van der Waals surface area contributed by atoms with Crippen LogP contribution in [0.15, 0.2) is 18.2 Å². The maximum absolute atomic E-state index is 9.14. The van der Waals surface area contributed by atoms with E-state index in [-0.39, 0.29) is 6.61 Å². The second-order valence-corrected chi connectivity index (χ2v) is 3.99. The van der Waals surface area contributed by atoms with Crippen molar-refractivity contribution in [3.05, 3.63) is 29.3 Å². The van der Waals surface area contributed by atoms with Gasteiger partial charge in [-0.25, -0.2) is 0 Å². The van der Waals surface area contributed by atoms with Crippen molar-refractivity contribution >= 4 is 5.69 Å². The summed E-state index contributed by atoms with van der Waals surface area (Å²) in [5.41, 5.74) is 9.17. The minimum atomic E-state index is 0.127. The van der Waals surface area contributed by atoms with Crippen molar-refractivity contribution in [2.24, 2.45) is 5.73 Å². The van der Waals surface area contributed by atoms with Crippen molar-refractivity contribution in [2.75, 3.05) is 38.3 Å². The molecule has 0 atom stereocenters. The number of rotatable bonds is 7. The number of benzene rings is 1. The molecular weight excluding hydrogens is 216 g/mol. The lowest BCUT2D eigenvalue weighted by atomic mass is 10.1. The number of nitrogens with two attached hydrogens (primary N) is 1. The maximum Gasteiger partial charge on any atom is 0.0637 e. The maximum atomic E-state index is 9.14. The van der Waals surface area contributed by atoms with E-state index in [1.807, 2.05) is 12.1 Å². The van der Waals surface area contributed by atoms with Crippen LogP contribution in [0.1, 0.15) is 11.1 Å². The van der Waals surface area contributed by atoms with Gasteiger partial charge in [-0.05, 0) is 18.1 Å². The van der Waals surface area contributed by atoms with Gasteiger partial charge in [0, 0.05) is 32.4 Å². The van der Waals surface area contributed by atoms with Gasteiger partial charge < -0.3 is 20.5 Å². The minimum Gasteiger partial charge on any atom is -0.395 e. The first-order valence-corrected chi connectivity index (χ1v) is 5.88. The Morgan fingerprint density at radius 3 is 2.71 bits per heavy atom. The molecule has 0 saturated heterocycles. The molecule has 0 aromatic heterocycles. The lowest BCUT2D eigenvalue weighted by Gasteiger charge is -2.27. The molecule has 1 aromatic carbocycles. The van der Waals surface area contributed by atoms with Gasteiger partial charge in [-0.1, -0.05) is 18.2 Å². The predicted octanol–water partition coefficient (Wildman–Crippen LogP) is 0.899. The number of ether oxygens (including phenoxy) is 1. The largest absolute Gasteiger partial charge is 0.395 e. The summed E-state index contributed by atoms with van der Waals surface area (Å²) in [4.78, 5) is 2.13. The number of hydrogen-bond donors (Lipinski definition) is 2. The van der Waals surface area contributed by atoms with Crippen LogP contribution in [0.5, 0.6) is 0 Å². The van der Waals surface area contributed by atoms with Crippen LogP contribution in [-0.2, 0) is 11.3 Å². The number of anilines is 1. The predicted molar refractivity (Wildman–Crippen MR) is 70.2 cm³/mol. The highest BCUT2D eigenvalue weighted by molar-refractivity contribution is 5.59. The molecule has 4 heteroatoms. The zero-order valence-electron chi connectivity index (χ0n) is 10.6. The van der Waals surface area contributed by atoms with Crippen LogP contribution in [0.3, 0.4) is 0 Å². The third-order valence-corrected chi connectivity index (χ3v) is 2.79. The zero-order valence-corrected chi connectivity index (χ0v) is 10.6. The normalized spacial score (nSPS) is 10.6. The van der Waals surface area contributed by atoms with Crippen LogP contribution in [0, 0.1) is 6.92 Å². The smallest absolute Gasteiger partial charge is 0.0637 e. The first kappa shape index (κ1) is 14.0. The summed E-state index contributed by atoms with van der Waals surface area (Å²) in [6, 6.07) is 6.10. The van der Waals surface area contributed by atoms with E-state index < -0.39 is 0 Å². The average Bonchev–Trinajstić information content (AvgIpc) is 2.34. The van der Waals surface area contributed by atoms with Crippen LogP contribution in [0.4, 0.5) is 5.69 Å². The van der Waals surface area contributed by atoms with E-state index in [1.165, 1.54) is 5.56 Å². The fraction of sp³-hybridized carbons (Fsp3) is 0.538. The molecular formula is C13H22N2O2. The quantitative estimate of drug-likeness (QED) is 0.741. The SMILES string of the molecule is COCCN(CCO)c1c(C)cccc1CN. The molecule has 0 aliphatic carbocycles. The molecule has 0 aliphatic rings. The van der Waals surface area contributed by atoms with Crippen molar-refractivity contribution in [1.82, 2.24) is 0 Å². The molecule has 0 amide bonds. The Labute approximate surface area is 103 Å². The van der Waals surface area contributed by atoms with E-state index in [1.54, 1.807) is 7.11 Å². The lowest BCUT2D eigenvalue weighted by Crippen LogP contribution is -2.32. The topological polar surface area (TPSA) is 58.7 Å². The molecule has 0 heterocycles. The molecule has 0 radical (unpaired) electrons. The Balaban J connectivity index is 2.98. The number of aliphatic hydroxyl groups is 1. The van der Waals surface area contributed by atoms with Gasteiger partial charge in [-0.15, -0.1) is 0 Å². The third-order valence-electron chi connectivity index (χ3n) is 2.79. The molecule has 96 valence electrons. The number of methoxy groups -OCH3 is 1. The van der Waals surface area contributed by atoms with Gasteiger partial charge in [0.2, 0.25) is 0 Å². The fourth-order valence-electron chi connectivity index (χ4n) is 1.99. The van der Waals surface area contributed by atoms with Crippen LogP contribution >= 0.6 is 0 Å². The highest BCUT2D eigenvalue weighted by atomic mass is 16.5. The van der Waals surface area contributed by atoms with Gasteiger partial charge in [-0.3, -0.25) is 0 Å². The summed E-state index contributed by atoms with van der Waals surface area (Å²) in [6.45, 7) is 4.69. The molecule has 4 nitrogen and oxygen atoms in total. The third kappa shape index (κ3) is 3.70. The first-order valence-electron chi connectivity index (χ1n) is 5.88. The minimum absolute atomic E-state index is 0.127. The number of aliphatic hydroxyl groups excluding tert-OH is 1. The van der Waals surface area contributed by atoms with Gasteiger partial charge in [0.15, 0.2) is 0 Å². The zero-order chi connectivity index (χ0) is 12.7. The van der Waals surface area contributed by atoms with Gasteiger partial charge in [0.05, 0.1) is 13.2 Å². The van der Waals surface area contributed by atoms with E-state index in [2.05, 4.69) is 17.9 Å². The molecule has 17 heavy (non-hydrogen) atoms. The van der Waals surface area contributed by atoms with Gasteiger partial charge in [0.1, 0.15) is 0 Å². The van der Waals surface area contributed by atoms with Crippen molar-refractivity contribution in [1.29, 1.82) is 0 Å². The summed E-state index contributed by atoms with van der Waals surface area (Å²) in [5.74, 6) is 0. The number of nitrogens with zero attached hydrogens (tertiary/aromatic N) is 1. The Morgan fingerprint density at radius 1 is 1.35 bits per heavy atom. The Morgan fingerprint density at radius 2 is 2.12 bits per heavy atom. The summed E-state index contributed by atoms with van der Waals surface area (Å²) in [5, 5.41) is 9.14. The highest BCUT2D eigenvalue weighted by Gasteiger charge is 2.12. The number of hydrogen-bond acceptors (Lipinski definition) is 4. The van der Waals surface area contributed by atoms with Crippen molar-refractivity contribution in [2.45, 2.75) is 13.5 Å². The lowest BCUT2D eigenvalue weighted by molar-refractivity contribution is 0.203. The summed E-state index contributed by atoms with van der Waals surface area (Å²) >= 11 is 0. The molecule has 1 rings (SSSR count). The number of para-hydroxylation sites is 1. The molecule has 3 N–H and O–H groups in total. The molecule has 0 fully saturated rings. The van der Waals surface area contributed by atoms with Gasteiger partial charge in [0.25, 0.3) is 0 Å². The van der Waals surface area contributed by atoms with E-state index in [9.17, 15) is 0 Å². The molecule has 0 spiro atoms. The van der Waals surface area contributed by atoms with E-state index in [4.69, 9.17) is 15.6 Å². The van der Waals surface area contributed by atoms with Crippen molar-refractivity contribution < 1.29 is 9.84 Å². The van der Waals surface area contributed by atoms with Crippen molar-refractivity contribution in [3.8, 4) is 0 Å². The van der Waals surface area contributed by atoms with Gasteiger partial charge in [-0.2, -0.15) is 0 Å². The van der Waals surface area contributed by atoms with Crippen molar-refractivity contribution in [3.63, 3.8) is 0 Å². The molecule has 0 bridgehead atoms. The summed E-state index contributed by atoms with van der Waals surface area (Å²) < 4.78 is 5.10. The van der Waals surface area contributed by atoms with E-state index in [0.29, 0.717) is 19.7 Å². The fourth-order valence-corrected chi connectivity index (χ4v) is 1.99. The van der Waals surface area contributed by atoms with Crippen LogP contribution in [-0.4, -0.2) is 38.5 Å². The monoisotopic (exact) mass is 238 g/mol. The second kappa shape index (κ2) is 7.27. The summed E-state index contributed by atoms with van der Waals surface area (Å²) in [7, 11) is 1.68. The molecule has 0 saturated carbocycles. The highest BCUT2D eigenvalue weighted by Crippen LogP contribution is 2.24. The Hall–Kier alpha value is -1.10. The van der Waals surface area contributed by atoms with Crippen LogP contribution in [0.25, 0.3) is 0 Å². The Bertz CT molecular complexity index is 342. The van der Waals surface area contributed by atoms with Gasteiger partial charge >= 0.3 is 0 Å². The molecule has 0 aliphatic heterocycles. The van der Waals surface area contributed by atoms with Crippen LogP contribution in [0.2, 0.25) is 0 Å². The first-order chi connectivity index (χ1) is 8.24. The Kier molecular flexibility index (Phi) is 5.97.